The molecule has 0 spiro atoms. The van der Waals surface area contributed by atoms with E-state index in [9.17, 15) is 0 Å². The molecule has 58 heavy (non-hydrogen) atoms. The molecule has 0 radical (unpaired) electrons. The van der Waals surface area contributed by atoms with Gasteiger partial charge in [0.15, 0.2) is 0 Å². The smallest absolute Gasteiger partial charge is 0.0541 e. The Labute approximate surface area is 339 Å². The largest absolute Gasteiger partial charge is 0.324 e. The highest BCUT2D eigenvalue weighted by molar-refractivity contribution is 6.11. The molecule has 0 fully saturated rings. The predicted molar refractivity (Wildman–Crippen MR) is 248 cm³/mol. The molecule has 0 bridgehead atoms. The van der Waals surface area contributed by atoms with Gasteiger partial charge in [0.1, 0.15) is 0 Å². The molecule has 1 unspecified atom stereocenters. The van der Waals surface area contributed by atoms with Crippen LogP contribution in [0.4, 0.5) is 5.69 Å². The molecule has 1 aliphatic carbocycles. The Bertz CT molecular complexity index is 3010. The SMILES string of the molecule is C=C1/C=C(c2ccc(-n3c4ccccc4c4ccccc43)cc2)\C=C/N(c2ccccc2)/C=C\C(C2(C)C=CC(n3c4ccccc4c4ccccc43)=CC2)=C/C1=C. The van der Waals surface area contributed by atoms with Crippen molar-refractivity contribution >= 4 is 60.6 Å². The highest BCUT2D eigenvalue weighted by Gasteiger charge is 2.28. The maximum absolute atomic E-state index is 4.57. The van der Waals surface area contributed by atoms with E-state index in [1.54, 1.807) is 0 Å². The second kappa shape index (κ2) is 14.3. The first-order valence-corrected chi connectivity index (χ1v) is 19.9. The van der Waals surface area contributed by atoms with Gasteiger partial charge in [-0.25, -0.2) is 0 Å². The van der Waals surface area contributed by atoms with E-state index in [0.29, 0.717) is 0 Å². The lowest BCUT2D eigenvalue weighted by Gasteiger charge is -2.31. The van der Waals surface area contributed by atoms with Gasteiger partial charge in [0.2, 0.25) is 0 Å². The van der Waals surface area contributed by atoms with E-state index in [1.807, 2.05) is 0 Å². The van der Waals surface area contributed by atoms with Gasteiger partial charge in [0.05, 0.1) is 22.1 Å². The summed E-state index contributed by atoms with van der Waals surface area (Å²) >= 11 is 0. The number of allylic oxidation sites excluding steroid dienone is 12. The fraction of sp³-hybridized carbons (Fsp3) is 0.0545. The van der Waals surface area contributed by atoms with Gasteiger partial charge >= 0.3 is 0 Å². The minimum atomic E-state index is -0.280. The Morgan fingerprint density at radius 1 is 0.483 bits per heavy atom. The van der Waals surface area contributed by atoms with E-state index in [1.165, 1.54) is 49.3 Å². The molecular formula is C55H43N3. The summed E-state index contributed by atoms with van der Waals surface area (Å²) in [6.07, 6.45) is 21.0. The average molecular weight is 746 g/mol. The Balaban J connectivity index is 1.01. The Kier molecular flexibility index (Phi) is 8.65. The molecule has 6 aromatic carbocycles. The standard InChI is InChI=1S/C55H43N3/c1-39-37-42(41-25-27-45(28-26-41)57-51-21-11-7-17-47(51)48-18-8-12-22-52(48)57)31-35-56(44-15-5-4-6-16-44)36-32-43(38-40(39)2)55(3)33-29-46(30-34-55)58-53-23-13-9-19-49(53)50-20-10-14-24-54(50)58/h4-33,35-38H,1-2,34H2,3H3/b35-31-,36-32-,42-37+,43-38+. The van der Waals surface area contributed by atoms with Crippen LogP contribution in [0.1, 0.15) is 18.9 Å². The van der Waals surface area contributed by atoms with Crippen LogP contribution in [0.5, 0.6) is 0 Å². The fourth-order valence-electron chi connectivity index (χ4n) is 8.64. The lowest BCUT2D eigenvalue weighted by molar-refractivity contribution is 0.530. The molecule has 1 aliphatic heterocycles. The lowest BCUT2D eigenvalue weighted by atomic mass is 9.75. The fourth-order valence-corrected chi connectivity index (χ4v) is 8.64. The third-order valence-electron chi connectivity index (χ3n) is 11.8. The molecule has 0 amide bonds. The van der Waals surface area contributed by atoms with Crippen molar-refractivity contribution < 1.29 is 0 Å². The zero-order valence-electron chi connectivity index (χ0n) is 32.6. The quantitative estimate of drug-likeness (QED) is 0.171. The van der Waals surface area contributed by atoms with Gasteiger partial charge in [0.25, 0.3) is 0 Å². The van der Waals surface area contributed by atoms with Crippen molar-refractivity contribution in [2.45, 2.75) is 13.3 Å². The summed E-state index contributed by atoms with van der Waals surface area (Å²) in [5.74, 6) is 0. The van der Waals surface area contributed by atoms with Crippen LogP contribution in [-0.4, -0.2) is 9.13 Å². The molecule has 2 aromatic heterocycles. The zero-order valence-corrected chi connectivity index (χ0v) is 32.6. The first kappa shape index (κ1) is 35.1. The monoisotopic (exact) mass is 745 g/mol. The van der Waals surface area contributed by atoms with Gasteiger partial charge in [-0.15, -0.1) is 0 Å². The van der Waals surface area contributed by atoms with Crippen molar-refractivity contribution in [2.75, 3.05) is 4.90 Å². The maximum Gasteiger partial charge on any atom is 0.0541 e. The highest BCUT2D eigenvalue weighted by atomic mass is 15.1. The van der Waals surface area contributed by atoms with E-state index in [4.69, 9.17) is 0 Å². The molecular weight excluding hydrogens is 703 g/mol. The third-order valence-corrected chi connectivity index (χ3v) is 11.8. The van der Waals surface area contributed by atoms with Crippen LogP contribution in [0, 0.1) is 5.41 Å². The van der Waals surface area contributed by atoms with Crippen LogP contribution in [-0.2, 0) is 0 Å². The topological polar surface area (TPSA) is 13.1 Å². The van der Waals surface area contributed by atoms with Gasteiger partial charge in [0, 0.05) is 56.4 Å². The number of para-hydroxylation sites is 5. The van der Waals surface area contributed by atoms with E-state index >= 15 is 0 Å². The average Bonchev–Trinajstić information content (AvgIpc) is 3.78. The van der Waals surface area contributed by atoms with Crippen molar-refractivity contribution in [3.63, 3.8) is 0 Å². The minimum Gasteiger partial charge on any atom is -0.324 e. The second-order valence-electron chi connectivity index (χ2n) is 15.5. The number of rotatable bonds is 5. The van der Waals surface area contributed by atoms with Crippen LogP contribution < -0.4 is 4.90 Å². The summed E-state index contributed by atoms with van der Waals surface area (Å²) in [5, 5.41) is 5.05. The Hall–Kier alpha value is -7.36. The summed E-state index contributed by atoms with van der Waals surface area (Å²) in [6.45, 7) is 11.4. The molecule has 0 saturated heterocycles. The van der Waals surface area contributed by atoms with Crippen molar-refractivity contribution in [3.05, 3.63) is 242 Å². The van der Waals surface area contributed by atoms with Crippen molar-refractivity contribution in [2.24, 2.45) is 5.41 Å². The Morgan fingerprint density at radius 3 is 1.53 bits per heavy atom. The summed E-state index contributed by atoms with van der Waals surface area (Å²) in [4.78, 5) is 2.19. The van der Waals surface area contributed by atoms with Gasteiger partial charge < -0.3 is 14.0 Å². The molecule has 10 rings (SSSR count). The number of aromatic nitrogens is 2. The van der Waals surface area contributed by atoms with Crippen LogP contribution in [0.3, 0.4) is 0 Å². The highest BCUT2D eigenvalue weighted by Crippen LogP contribution is 2.42. The third kappa shape index (κ3) is 6.09. The molecule has 1 atom stereocenters. The first-order chi connectivity index (χ1) is 28.4. The number of hydrogen-bond donors (Lipinski definition) is 0. The van der Waals surface area contributed by atoms with Crippen LogP contribution in [0.2, 0.25) is 0 Å². The Morgan fingerprint density at radius 2 is 0.983 bits per heavy atom. The molecule has 2 aliphatic rings. The summed E-state index contributed by atoms with van der Waals surface area (Å²) in [7, 11) is 0. The second-order valence-corrected chi connectivity index (χ2v) is 15.5. The molecule has 278 valence electrons. The number of nitrogens with zero attached hydrogens (tertiary/aromatic N) is 3. The normalized spacial score (nSPS) is 20.4. The summed E-state index contributed by atoms with van der Waals surface area (Å²) < 4.78 is 4.75. The maximum atomic E-state index is 4.57. The number of anilines is 1. The first-order valence-electron chi connectivity index (χ1n) is 19.9. The summed E-state index contributed by atoms with van der Waals surface area (Å²) in [5.41, 5.74) is 13.0. The number of benzene rings is 6. The lowest BCUT2D eigenvalue weighted by Crippen LogP contribution is -2.19. The molecule has 3 nitrogen and oxygen atoms in total. The van der Waals surface area contributed by atoms with Gasteiger partial charge in [-0.3, -0.25) is 0 Å². The van der Waals surface area contributed by atoms with E-state index in [0.717, 1.165) is 45.7 Å². The predicted octanol–water partition coefficient (Wildman–Crippen LogP) is 14.4. The zero-order chi connectivity index (χ0) is 39.2. The van der Waals surface area contributed by atoms with Crippen LogP contribution in [0.15, 0.2) is 236 Å². The van der Waals surface area contributed by atoms with E-state index in [-0.39, 0.29) is 5.41 Å². The van der Waals surface area contributed by atoms with Gasteiger partial charge in [-0.2, -0.15) is 0 Å². The van der Waals surface area contributed by atoms with Crippen molar-refractivity contribution in [3.8, 4) is 5.69 Å². The molecule has 3 heteroatoms. The molecule has 0 N–H and O–H groups in total. The number of fused-ring (bicyclic) bond motifs is 6. The minimum absolute atomic E-state index is 0.280. The van der Waals surface area contributed by atoms with Crippen molar-refractivity contribution in [1.29, 1.82) is 0 Å². The molecule has 0 saturated carbocycles. The molecule has 8 aromatic rings. The van der Waals surface area contributed by atoms with E-state index in [2.05, 4.69) is 241 Å². The number of hydrogen-bond acceptors (Lipinski definition) is 1. The summed E-state index contributed by atoms with van der Waals surface area (Å²) in [6, 6.07) is 54.0. The van der Waals surface area contributed by atoms with Crippen LogP contribution in [0.25, 0.3) is 60.6 Å². The van der Waals surface area contributed by atoms with Crippen LogP contribution >= 0.6 is 0 Å². The van der Waals surface area contributed by atoms with Gasteiger partial charge in [-0.05, 0) is 107 Å². The van der Waals surface area contributed by atoms with Crippen molar-refractivity contribution in [1.82, 2.24) is 9.13 Å². The molecule has 3 heterocycles. The van der Waals surface area contributed by atoms with E-state index < -0.39 is 0 Å². The van der Waals surface area contributed by atoms with Gasteiger partial charge in [-0.1, -0.05) is 141 Å².